The zero-order valence-corrected chi connectivity index (χ0v) is 49.5. The lowest BCUT2D eigenvalue weighted by molar-refractivity contribution is -0.144. The minimum atomic E-state index is -3.04. The summed E-state index contributed by atoms with van der Waals surface area (Å²) in [6.07, 6.45) is 43.9. The van der Waals surface area contributed by atoms with E-state index >= 15 is 0 Å². The van der Waals surface area contributed by atoms with Crippen LogP contribution in [0.5, 0.6) is 11.5 Å². The minimum absolute atomic E-state index is 0.165. The number of ether oxygens (including phenoxy) is 2. The summed E-state index contributed by atoms with van der Waals surface area (Å²) in [5.74, 6) is 0.791. The molecule has 0 saturated carbocycles. The third-order valence-electron chi connectivity index (χ3n) is 14.4. The Morgan fingerprint density at radius 2 is 0.653 bits per heavy atom. The molecule has 2 aromatic carbocycles. The second kappa shape index (κ2) is 39.6. The van der Waals surface area contributed by atoms with Gasteiger partial charge in [-0.1, -0.05) is 272 Å². The van der Waals surface area contributed by atoms with Crippen LogP contribution in [-0.2, 0) is 47.3 Å². The molecule has 2 rings (SSSR count). The number of esters is 2. The Bertz CT molecular complexity index is 1630. The van der Waals surface area contributed by atoms with Gasteiger partial charge in [-0.25, -0.2) is 4.57 Å². The molecular formula is C64H111O7P. The molecule has 72 heavy (non-hydrogen) atoms. The molecule has 0 aromatic heterocycles. The molecule has 0 aliphatic rings. The van der Waals surface area contributed by atoms with Crippen molar-refractivity contribution in [3.05, 3.63) is 57.6 Å². The summed E-state index contributed by atoms with van der Waals surface area (Å²) < 4.78 is 37.6. The van der Waals surface area contributed by atoms with Gasteiger partial charge in [0.1, 0.15) is 11.5 Å². The van der Waals surface area contributed by atoms with Gasteiger partial charge in [-0.15, -0.1) is 0 Å². The topological polar surface area (TPSA) is 88.1 Å². The van der Waals surface area contributed by atoms with Crippen LogP contribution in [0.1, 0.15) is 307 Å². The standard InChI is InChI=1S/C64H111O7P/c1-11-13-15-17-19-21-23-25-27-29-31-33-35-37-39-41-47-68-59(65)45-43-55-49-53(3)61(57(51-55)63(5,6)7)70-72(67)71-62-54(4)50-56(52-58(62)64(8,9)10)44-46-60(66)69-48-42-40-38-36-34-32-30-28-26-24-22-20-18-16-14-12-2/h49-52,72H,11-48H2,1-10H3. The summed E-state index contributed by atoms with van der Waals surface area (Å²) in [5.41, 5.74) is 4.97. The van der Waals surface area contributed by atoms with Crippen molar-refractivity contribution in [1.82, 2.24) is 0 Å². The van der Waals surface area contributed by atoms with Crippen molar-refractivity contribution < 1.29 is 32.7 Å². The molecular weight excluding hydrogens is 912 g/mol. The van der Waals surface area contributed by atoms with E-state index in [0.717, 1.165) is 59.1 Å². The average Bonchev–Trinajstić information content (AvgIpc) is 3.32. The number of hydrogen-bond donors (Lipinski definition) is 0. The highest BCUT2D eigenvalue weighted by molar-refractivity contribution is 7.34. The molecule has 0 unspecified atom stereocenters. The van der Waals surface area contributed by atoms with Crippen molar-refractivity contribution in [2.45, 2.75) is 311 Å². The lowest BCUT2D eigenvalue weighted by Crippen LogP contribution is -2.16. The molecule has 0 fully saturated rings. The Morgan fingerprint density at radius 3 is 0.903 bits per heavy atom. The van der Waals surface area contributed by atoms with Crippen LogP contribution in [0.4, 0.5) is 0 Å². The first-order valence-electron chi connectivity index (χ1n) is 30.1. The molecule has 0 amide bonds. The highest BCUT2D eigenvalue weighted by Gasteiger charge is 2.27. The molecule has 2 aromatic rings. The number of aryl methyl sites for hydroxylation is 4. The van der Waals surface area contributed by atoms with E-state index in [1.165, 1.54) is 180 Å². The predicted molar refractivity (Wildman–Crippen MR) is 308 cm³/mol. The van der Waals surface area contributed by atoms with Crippen LogP contribution in [0.15, 0.2) is 24.3 Å². The maximum atomic E-state index is 13.9. The van der Waals surface area contributed by atoms with E-state index in [1.807, 2.05) is 26.0 Å². The molecule has 0 aliphatic carbocycles. The van der Waals surface area contributed by atoms with Crippen molar-refractivity contribution in [2.24, 2.45) is 0 Å². The summed E-state index contributed by atoms with van der Waals surface area (Å²) >= 11 is 0. The average molecular weight is 1020 g/mol. The number of hydrogen-bond acceptors (Lipinski definition) is 7. The van der Waals surface area contributed by atoms with E-state index in [9.17, 15) is 14.2 Å². The van der Waals surface area contributed by atoms with Crippen molar-refractivity contribution in [2.75, 3.05) is 13.2 Å². The molecule has 414 valence electrons. The highest BCUT2D eigenvalue weighted by Crippen LogP contribution is 2.44. The Morgan fingerprint density at radius 1 is 0.403 bits per heavy atom. The maximum Gasteiger partial charge on any atom is 0.419 e. The fourth-order valence-corrected chi connectivity index (χ4v) is 10.8. The van der Waals surface area contributed by atoms with Crippen LogP contribution < -0.4 is 9.05 Å². The van der Waals surface area contributed by atoms with E-state index in [1.54, 1.807) is 0 Å². The van der Waals surface area contributed by atoms with Gasteiger partial charge in [0.15, 0.2) is 0 Å². The molecule has 7 nitrogen and oxygen atoms in total. The van der Waals surface area contributed by atoms with Gasteiger partial charge < -0.3 is 18.5 Å². The second-order valence-electron chi connectivity index (χ2n) is 23.6. The third kappa shape index (κ3) is 31.2. The van der Waals surface area contributed by atoms with Gasteiger partial charge >= 0.3 is 20.2 Å². The maximum absolute atomic E-state index is 13.9. The SMILES string of the molecule is CCCCCCCCCCCCCCCCCCOC(=O)CCc1cc(C)c(O[PH](=O)Oc2c(C)cc(CCC(=O)OCCCCCCCCCCCCCCCCCC)cc2C(C)(C)C)c(C(C)(C)C)c1. The van der Waals surface area contributed by atoms with Gasteiger partial charge in [0.05, 0.1) is 13.2 Å². The smallest absolute Gasteiger partial charge is 0.419 e. The first-order valence-corrected chi connectivity index (χ1v) is 31.3. The number of rotatable bonds is 44. The van der Waals surface area contributed by atoms with E-state index in [-0.39, 0.29) is 22.8 Å². The van der Waals surface area contributed by atoms with Crippen LogP contribution >= 0.6 is 8.25 Å². The van der Waals surface area contributed by atoms with Crippen LogP contribution in [0.3, 0.4) is 0 Å². The van der Waals surface area contributed by atoms with Crippen LogP contribution in [-0.4, -0.2) is 25.2 Å². The number of unbranched alkanes of at least 4 members (excludes halogenated alkanes) is 30. The minimum Gasteiger partial charge on any atom is -0.466 e. The second-order valence-corrected chi connectivity index (χ2v) is 24.5. The lowest BCUT2D eigenvalue weighted by Gasteiger charge is -2.27. The molecule has 0 aliphatic heterocycles. The summed E-state index contributed by atoms with van der Waals surface area (Å²) in [7, 11) is -3.04. The molecule has 0 radical (unpaired) electrons. The Labute approximate surface area is 444 Å². The number of carbonyl (C=O) groups excluding carboxylic acids is 2. The number of carbonyl (C=O) groups is 2. The fourth-order valence-electron chi connectivity index (χ4n) is 9.87. The molecule has 8 heteroatoms. The monoisotopic (exact) mass is 1020 g/mol. The van der Waals surface area contributed by atoms with E-state index in [0.29, 0.717) is 50.4 Å². The van der Waals surface area contributed by atoms with Gasteiger partial charge in [0, 0.05) is 24.0 Å². The molecule has 0 bridgehead atoms. The highest BCUT2D eigenvalue weighted by atomic mass is 31.1. The van der Waals surface area contributed by atoms with Gasteiger partial charge in [-0.2, -0.15) is 0 Å². The Hall–Kier alpha value is -2.79. The molecule has 0 N–H and O–H groups in total. The van der Waals surface area contributed by atoms with Gasteiger partial charge in [0.2, 0.25) is 0 Å². The normalized spacial score (nSPS) is 11.9. The van der Waals surface area contributed by atoms with Crippen molar-refractivity contribution in [3.8, 4) is 11.5 Å². The largest absolute Gasteiger partial charge is 0.466 e. The van der Waals surface area contributed by atoms with Crippen LogP contribution in [0, 0.1) is 13.8 Å². The zero-order valence-electron chi connectivity index (χ0n) is 48.5. The Kier molecular flexibility index (Phi) is 35.9. The fraction of sp³-hybridized carbons (Fsp3) is 0.781. The summed E-state index contributed by atoms with van der Waals surface area (Å²) in [6.45, 7) is 22.1. The zero-order chi connectivity index (χ0) is 52.9. The molecule has 0 heterocycles. The third-order valence-corrected chi connectivity index (χ3v) is 15.2. The summed E-state index contributed by atoms with van der Waals surface area (Å²) in [5, 5.41) is 0. The first kappa shape index (κ1) is 65.3. The van der Waals surface area contributed by atoms with Crippen LogP contribution in [0.25, 0.3) is 0 Å². The Balaban J connectivity index is 1.75. The quantitative estimate of drug-likeness (QED) is 0.0371. The van der Waals surface area contributed by atoms with E-state index < -0.39 is 8.25 Å². The lowest BCUT2D eigenvalue weighted by atomic mass is 9.83. The van der Waals surface area contributed by atoms with Gasteiger partial charge in [-0.3, -0.25) is 9.59 Å². The van der Waals surface area contributed by atoms with E-state index in [2.05, 4.69) is 67.5 Å². The summed E-state index contributed by atoms with van der Waals surface area (Å²) in [6, 6.07) is 8.20. The van der Waals surface area contributed by atoms with Gasteiger partial charge in [-0.05, 0) is 72.6 Å². The molecule has 0 spiro atoms. The van der Waals surface area contributed by atoms with Crippen molar-refractivity contribution in [1.29, 1.82) is 0 Å². The van der Waals surface area contributed by atoms with E-state index in [4.69, 9.17) is 18.5 Å². The van der Waals surface area contributed by atoms with Crippen molar-refractivity contribution in [3.63, 3.8) is 0 Å². The van der Waals surface area contributed by atoms with Crippen molar-refractivity contribution >= 4 is 20.2 Å². The van der Waals surface area contributed by atoms with Gasteiger partial charge in [0.25, 0.3) is 0 Å². The predicted octanol–water partition coefficient (Wildman–Crippen LogP) is 20.2. The molecule has 0 saturated heterocycles. The summed E-state index contributed by atoms with van der Waals surface area (Å²) in [4.78, 5) is 25.5. The number of benzene rings is 2. The molecule has 0 atom stereocenters. The first-order chi connectivity index (χ1) is 34.6. The van der Waals surface area contributed by atoms with Crippen LogP contribution in [0.2, 0.25) is 0 Å².